The number of non-ortho nitro benzene ring substituents is 1. The molecule has 0 fully saturated rings. The normalized spacial score (nSPS) is 15.9. The van der Waals surface area contributed by atoms with Crippen molar-refractivity contribution in [3.63, 3.8) is 0 Å². The molecule has 6 heteroatoms. The van der Waals surface area contributed by atoms with E-state index < -0.39 is 21.4 Å². The van der Waals surface area contributed by atoms with Crippen molar-refractivity contribution >= 4 is 28.9 Å². The molecular formula is C15H8ClNO4. The highest BCUT2D eigenvalue weighted by atomic mass is 35.5. The molecule has 2 aromatic rings. The van der Waals surface area contributed by atoms with E-state index in [0.717, 1.165) is 0 Å². The lowest BCUT2D eigenvalue weighted by atomic mass is 9.93. The van der Waals surface area contributed by atoms with Gasteiger partial charge in [-0.05, 0) is 17.7 Å². The maximum absolute atomic E-state index is 12.5. The van der Waals surface area contributed by atoms with Crippen LogP contribution in [0.3, 0.4) is 0 Å². The van der Waals surface area contributed by atoms with E-state index in [4.69, 9.17) is 11.6 Å². The highest BCUT2D eigenvalue weighted by Crippen LogP contribution is 2.43. The van der Waals surface area contributed by atoms with Gasteiger partial charge in [-0.2, -0.15) is 0 Å². The van der Waals surface area contributed by atoms with Gasteiger partial charge >= 0.3 is 0 Å². The number of halogens is 1. The first kappa shape index (κ1) is 13.5. The van der Waals surface area contributed by atoms with Crippen molar-refractivity contribution in [2.45, 2.75) is 4.87 Å². The van der Waals surface area contributed by atoms with E-state index in [1.165, 1.54) is 24.3 Å². The van der Waals surface area contributed by atoms with Crippen LogP contribution in [0.2, 0.25) is 0 Å². The van der Waals surface area contributed by atoms with E-state index >= 15 is 0 Å². The van der Waals surface area contributed by atoms with Crippen LogP contribution in [0.5, 0.6) is 0 Å². The van der Waals surface area contributed by atoms with Crippen LogP contribution in [0.15, 0.2) is 48.5 Å². The quantitative estimate of drug-likeness (QED) is 0.369. The second-order valence-electron chi connectivity index (χ2n) is 4.67. The molecule has 0 bridgehead atoms. The highest BCUT2D eigenvalue weighted by Gasteiger charge is 2.53. The van der Waals surface area contributed by atoms with Crippen LogP contribution in [0.1, 0.15) is 26.3 Å². The van der Waals surface area contributed by atoms with E-state index in [1.807, 2.05) is 0 Å². The number of fused-ring (bicyclic) bond motifs is 1. The number of nitro benzene ring substituents is 1. The van der Waals surface area contributed by atoms with Gasteiger partial charge < -0.3 is 0 Å². The molecule has 104 valence electrons. The number of carbonyl (C=O) groups excluding carboxylic acids is 2. The monoisotopic (exact) mass is 301 g/mol. The third-order valence-electron chi connectivity index (χ3n) is 3.52. The fourth-order valence-electron chi connectivity index (χ4n) is 2.43. The maximum atomic E-state index is 12.5. The van der Waals surface area contributed by atoms with Crippen LogP contribution in [-0.4, -0.2) is 16.5 Å². The molecule has 0 aromatic heterocycles. The molecule has 5 nitrogen and oxygen atoms in total. The Balaban J connectivity index is 2.12. The minimum Gasteiger partial charge on any atom is -0.291 e. The number of alkyl halides is 1. The van der Waals surface area contributed by atoms with Gasteiger partial charge in [0.05, 0.1) is 4.92 Å². The molecule has 1 aliphatic rings. The van der Waals surface area contributed by atoms with Gasteiger partial charge in [0.15, 0.2) is 16.4 Å². The summed E-state index contributed by atoms with van der Waals surface area (Å²) < 4.78 is 0. The Hall–Kier alpha value is -2.53. The minimum atomic E-state index is -1.83. The fourth-order valence-corrected chi connectivity index (χ4v) is 2.76. The number of Topliss-reactive ketones (excluding diaryl/α,β-unsaturated/α-hetero) is 2. The van der Waals surface area contributed by atoms with Gasteiger partial charge in [-0.1, -0.05) is 35.9 Å². The van der Waals surface area contributed by atoms with E-state index in [0.29, 0.717) is 0 Å². The SMILES string of the molecule is O=C1c2ccccc2C(=O)C1(Cl)c1ccc([N+](=O)[O-])cc1. The maximum Gasteiger partial charge on any atom is 0.269 e. The van der Waals surface area contributed by atoms with Gasteiger partial charge in [0, 0.05) is 23.3 Å². The first-order chi connectivity index (χ1) is 9.96. The predicted octanol–water partition coefficient (Wildman–Crippen LogP) is 3.11. The summed E-state index contributed by atoms with van der Waals surface area (Å²) in [6.45, 7) is 0. The zero-order valence-electron chi connectivity index (χ0n) is 10.6. The van der Waals surface area contributed by atoms with Crippen LogP contribution in [0.4, 0.5) is 5.69 Å². The predicted molar refractivity (Wildman–Crippen MR) is 75.7 cm³/mol. The van der Waals surface area contributed by atoms with Crippen molar-refractivity contribution in [1.29, 1.82) is 0 Å². The van der Waals surface area contributed by atoms with E-state index in [9.17, 15) is 19.7 Å². The van der Waals surface area contributed by atoms with Crippen LogP contribution in [0.25, 0.3) is 0 Å². The lowest BCUT2D eigenvalue weighted by molar-refractivity contribution is -0.384. The fraction of sp³-hybridized carbons (Fsp3) is 0.0667. The van der Waals surface area contributed by atoms with Crippen molar-refractivity contribution in [2.24, 2.45) is 0 Å². The Bertz CT molecular complexity index is 748. The van der Waals surface area contributed by atoms with Gasteiger partial charge in [0.25, 0.3) is 5.69 Å². The zero-order valence-corrected chi connectivity index (χ0v) is 11.3. The van der Waals surface area contributed by atoms with Crippen LogP contribution >= 0.6 is 11.6 Å². The number of nitrogens with zero attached hydrogens (tertiary/aromatic N) is 1. The Morgan fingerprint density at radius 3 is 1.81 bits per heavy atom. The average Bonchev–Trinajstić information content (AvgIpc) is 2.71. The first-order valence-electron chi connectivity index (χ1n) is 6.08. The topological polar surface area (TPSA) is 77.3 Å². The number of hydrogen-bond acceptors (Lipinski definition) is 4. The number of benzene rings is 2. The van der Waals surface area contributed by atoms with Crippen molar-refractivity contribution in [1.82, 2.24) is 0 Å². The molecule has 2 aromatic carbocycles. The molecule has 0 unspecified atom stereocenters. The van der Waals surface area contributed by atoms with Crippen LogP contribution in [-0.2, 0) is 4.87 Å². The summed E-state index contributed by atoms with van der Waals surface area (Å²) in [6, 6.07) is 11.5. The first-order valence-corrected chi connectivity index (χ1v) is 6.46. The lowest BCUT2D eigenvalue weighted by Gasteiger charge is -2.17. The number of hydrogen-bond donors (Lipinski definition) is 0. The van der Waals surface area contributed by atoms with Gasteiger partial charge in [-0.3, -0.25) is 19.7 Å². The van der Waals surface area contributed by atoms with Crippen molar-refractivity contribution < 1.29 is 14.5 Å². The standard InChI is InChI=1S/C15H8ClNO4/c16-15(9-5-7-10(8-6-9)17(20)21)13(18)11-3-1-2-4-12(11)14(15)19/h1-8H. The second-order valence-corrected chi connectivity index (χ2v) is 5.23. The third-order valence-corrected chi connectivity index (χ3v) is 4.08. The molecule has 1 aliphatic carbocycles. The van der Waals surface area contributed by atoms with Gasteiger partial charge in [-0.25, -0.2) is 0 Å². The number of nitro groups is 1. The van der Waals surface area contributed by atoms with E-state index in [-0.39, 0.29) is 22.4 Å². The summed E-state index contributed by atoms with van der Waals surface area (Å²) in [7, 11) is 0. The molecule has 3 rings (SSSR count). The van der Waals surface area contributed by atoms with Crippen LogP contribution in [0, 0.1) is 10.1 Å². The summed E-state index contributed by atoms with van der Waals surface area (Å²) >= 11 is 6.33. The summed E-state index contributed by atoms with van der Waals surface area (Å²) in [6.07, 6.45) is 0. The molecule has 0 spiro atoms. The molecule has 0 heterocycles. The van der Waals surface area contributed by atoms with Gasteiger partial charge in [0.1, 0.15) is 0 Å². The zero-order chi connectivity index (χ0) is 15.2. The molecule has 0 amide bonds. The Morgan fingerprint density at radius 2 is 1.38 bits per heavy atom. The largest absolute Gasteiger partial charge is 0.291 e. The smallest absolute Gasteiger partial charge is 0.269 e. The van der Waals surface area contributed by atoms with Crippen molar-refractivity contribution in [3.05, 3.63) is 75.3 Å². The lowest BCUT2D eigenvalue weighted by Crippen LogP contribution is -2.31. The Labute approximate surface area is 124 Å². The molecule has 0 aliphatic heterocycles. The molecular weight excluding hydrogens is 294 g/mol. The van der Waals surface area contributed by atoms with Gasteiger partial charge in [0.2, 0.25) is 0 Å². The van der Waals surface area contributed by atoms with E-state index in [1.54, 1.807) is 24.3 Å². The summed E-state index contributed by atoms with van der Waals surface area (Å²) in [5, 5.41) is 10.7. The second kappa shape index (κ2) is 4.49. The Kier molecular flexibility index (Phi) is 2.88. The molecule has 21 heavy (non-hydrogen) atoms. The third kappa shape index (κ3) is 1.78. The molecule has 0 N–H and O–H groups in total. The Morgan fingerprint density at radius 1 is 0.905 bits per heavy atom. The highest BCUT2D eigenvalue weighted by molar-refractivity contribution is 6.54. The van der Waals surface area contributed by atoms with Crippen molar-refractivity contribution in [3.8, 4) is 0 Å². The molecule has 0 radical (unpaired) electrons. The molecule has 0 atom stereocenters. The molecule has 0 saturated heterocycles. The number of carbonyl (C=O) groups is 2. The van der Waals surface area contributed by atoms with Crippen LogP contribution < -0.4 is 0 Å². The number of rotatable bonds is 2. The average molecular weight is 302 g/mol. The summed E-state index contributed by atoms with van der Waals surface area (Å²) in [4.78, 5) is 33.2. The van der Waals surface area contributed by atoms with E-state index in [2.05, 4.69) is 0 Å². The minimum absolute atomic E-state index is 0.130. The van der Waals surface area contributed by atoms with Gasteiger partial charge in [-0.15, -0.1) is 0 Å². The summed E-state index contributed by atoms with van der Waals surface area (Å²) in [5.74, 6) is -1.00. The van der Waals surface area contributed by atoms with Crippen molar-refractivity contribution in [2.75, 3.05) is 0 Å². The number of ketones is 2. The molecule has 0 saturated carbocycles. The summed E-state index contributed by atoms with van der Waals surface area (Å²) in [5.41, 5.74) is 0.655.